The van der Waals surface area contributed by atoms with Crippen LogP contribution in [-0.2, 0) is 6.54 Å². The Labute approximate surface area is 127 Å². The van der Waals surface area contributed by atoms with Crippen molar-refractivity contribution in [3.8, 4) is 0 Å². The van der Waals surface area contributed by atoms with Gasteiger partial charge in [-0.25, -0.2) is 0 Å². The smallest absolute Gasteiger partial charge is 0.0409 e. The summed E-state index contributed by atoms with van der Waals surface area (Å²) in [6.07, 6.45) is 6.91. The zero-order valence-corrected chi connectivity index (χ0v) is 13.0. The molecule has 20 heavy (non-hydrogen) atoms. The summed E-state index contributed by atoms with van der Waals surface area (Å²) in [6, 6.07) is 9.12. The van der Waals surface area contributed by atoms with E-state index in [0.29, 0.717) is 0 Å². The molecule has 2 aliphatic heterocycles. The maximum Gasteiger partial charge on any atom is 0.0409 e. The number of piperidine rings is 2. The van der Waals surface area contributed by atoms with Crippen LogP contribution < -0.4 is 0 Å². The first-order valence-electron chi connectivity index (χ1n) is 8.02. The van der Waals surface area contributed by atoms with Crippen molar-refractivity contribution in [2.45, 2.75) is 44.7 Å². The summed E-state index contributed by atoms with van der Waals surface area (Å²) in [6.45, 7) is 6.17. The molecule has 0 spiro atoms. The maximum atomic E-state index is 6.06. The number of nitrogens with zero attached hydrogens (tertiary/aromatic N) is 2. The van der Waals surface area contributed by atoms with Gasteiger partial charge in [-0.1, -0.05) is 30.2 Å². The van der Waals surface area contributed by atoms with Gasteiger partial charge in [0.1, 0.15) is 0 Å². The van der Waals surface area contributed by atoms with E-state index in [0.717, 1.165) is 17.6 Å². The lowest BCUT2D eigenvalue weighted by Crippen LogP contribution is -2.46. The van der Waals surface area contributed by atoms with E-state index in [4.69, 9.17) is 11.6 Å². The van der Waals surface area contributed by atoms with Gasteiger partial charge in [-0.3, -0.25) is 4.90 Å². The molecule has 1 aromatic rings. The quantitative estimate of drug-likeness (QED) is 0.836. The fraction of sp³-hybridized carbons (Fsp3) is 0.647. The topological polar surface area (TPSA) is 6.48 Å². The lowest BCUT2D eigenvalue weighted by molar-refractivity contribution is 0.0896. The molecule has 3 heteroatoms. The molecule has 1 aromatic carbocycles. The van der Waals surface area contributed by atoms with Crippen molar-refractivity contribution in [2.24, 2.45) is 0 Å². The zero-order chi connectivity index (χ0) is 13.8. The van der Waals surface area contributed by atoms with E-state index in [1.807, 2.05) is 6.07 Å². The molecule has 0 aliphatic carbocycles. The minimum atomic E-state index is 0.839. The summed E-state index contributed by atoms with van der Waals surface area (Å²) < 4.78 is 0. The number of rotatable bonds is 3. The van der Waals surface area contributed by atoms with Crippen LogP contribution in [-0.4, -0.2) is 42.0 Å². The molecule has 2 saturated heterocycles. The summed E-state index contributed by atoms with van der Waals surface area (Å²) in [5.41, 5.74) is 1.34. The lowest BCUT2D eigenvalue weighted by atomic mass is 9.99. The summed E-state index contributed by atoms with van der Waals surface area (Å²) in [5.74, 6) is 0. The fourth-order valence-electron chi connectivity index (χ4n) is 3.62. The molecule has 0 radical (unpaired) electrons. The molecule has 2 heterocycles. The Hall–Kier alpha value is -0.570. The van der Waals surface area contributed by atoms with E-state index in [-0.39, 0.29) is 0 Å². The number of hydrogen-bond acceptors (Lipinski definition) is 2. The van der Waals surface area contributed by atoms with Crippen LogP contribution in [0.5, 0.6) is 0 Å². The van der Waals surface area contributed by atoms with Crippen molar-refractivity contribution < 1.29 is 0 Å². The van der Waals surface area contributed by atoms with E-state index in [1.165, 1.54) is 63.8 Å². The van der Waals surface area contributed by atoms with E-state index in [2.05, 4.69) is 28.0 Å². The third kappa shape index (κ3) is 3.75. The van der Waals surface area contributed by atoms with Gasteiger partial charge in [-0.05, 0) is 69.6 Å². The Morgan fingerprint density at radius 2 is 1.75 bits per heavy atom. The van der Waals surface area contributed by atoms with Crippen LogP contribution in [0.3, 0.4) is 0 Å². The minimum Gasteiger partial charge on any atom is -0.300 e. The van der Waals surface area contributed by atoms with Crippen LogP contribution in [0.4, 0.5) is 0 Å². The van der Waals surface area contributed by atoms with Crippen molar-refractivity contribution in [3.05, 3.63) is 34.9 Å². The molecule has 0 saturated carbocycles. The first kappa shape index (κ1) is 14.4. The molecule has 0 aromatic heterocycles. The average molecular weight is 293 g/mol. The van der Waals surface area contributed by atoms with Gasteiger partial charge in [-0.2, -0.15) is 0 Å². The monoisotopic (exact) mass is 292 g/mol. The number of likely N-dealkylation sites (tertiary alicyclic amines) is 2. The van der Waals surface area contributed by atoms with Gasteiger partial charge in [0.05, 0.1) is 0 Å². The Kier molecular flexibility index (Phi) is 4.98. The zero-order valence-electron chi connectivity index (χ0n) is 12.2. The highest BCUT2D eigenvalue weighted by Crippen LogP contribution is 2.22. The predicted octanol–water partition coefficient (Wildman–Crippen LogP) is 3.79. The molecule has 2 aliphatic rings. The molecule has 0 N–H and O–H groups in total. The number of hydrogen-bond donors (Lipinski definition) is 0. The van der Waals surface area contributed by atoms with E-state index >= 15 is 0 Å². The normalized spacial score (nSPS) is 23.1. The Morgan fingerprint density at radius 1 is 1.00 bits per heavy atom. The van der Waals surface area contributed by atoms with Gasteiger partial charge in [-0.15, -0.1) is 0 Å². The third-order valence-electron chi connectivity index (χ3n) is 4.76. The summed E-state index contributed by atoms with van der Waals surface area (Å²) in [4.78, 5) is 5.31. The van der Waals surface area contributed by atoms with Crippen LogP contribution in [0.1, 0.15) is 37.7 Å². The predicted molar refractivity (Wildman–Crippen MR) is 85.2 cm³/mol. The van der Waals surface area contributed by atoms with Crippen molar-refractivity contribution >= 4 is 11.6 Å². The lowest BCUT2D eigenvalue weighted by Gasteiger charge is -2.40. The largest absolute Gasteiger partial charge is 0.300 e. The summed E-state index contributed by atoms with van der Waals surface area (Å²) in [5, 5.41) is 0.853. The number of benzene rings is 1. The van der Waals surface area contributed by atoms with Gasteiger partial charge < -0.3 is 4.90 Å². The summed E-state index contributed by atoms with van der Waals surface area (Å²) in [7, 11) is 0. The fourth-order valence-corrected chi connectivity index (χ4v) is 3.83. The van der Waals surface area contributed by atoms with Crippen molar-refractivity contribution in [3.63, 3.8) is 0 Å². The molecule has 0 amide bonds. The Morgan fingerprint density at radius 3 is 2.45 bits per heavy atom. The number of halogens is 1. The highest BCUT2D eigenvalue weighted by atomic mass is 35.5. The Bertz CT molecular complexity index is 421. The van der Waals surface area contributed by atoms with E-state index in [1.54, 1.807) is 0 Å². The molecular weight excluding hydrogens is 268 g/mol. The van der Waals surface area contributed by atoms with Gasteiger partial charge in [0, 0.05) is 17.6 Å². The van der Waals surface area contributed by atoms with Gasteiger partial charge in [0.15, 0.2) is 0 Å². The highest BCUT2D eigenvalue weighted by molar-refractivity contribution is 6.30. The SMILES string of the molecule is Clc1cccc(CN2CCC(N3CCCCC3)CC2)c1. The first-order valence-corrected chi connectivity index (χ1v) is 8.40. The minimum absolute atomic E-state index is 0.839. The third-order valence-corrected chi connectivity index (χ3v) is 4.99. The first-order chi connectivity index (χ1) is 9.81. The molecule has 3 rings (SSSR count). The highest BCUT2D eigenvalue weighted by Gasteiger charge is 2.25. The molecule has 0 bridgehead atoms. The van der Waals surface area contributed by atoms with Crippen LogP contribution >= 0.6 is 11.6 Å². The van der Waals surface area contributed by atoms with Crippen molar-refractivity contribution in [1.82, 2.24) is 9.80 Å². The average Bonchev–Trinajstić information content (AvgIpc) is 2.49. The molecule has 2 fully saturated rings. The molecule has 2 nitrogen and oxygen atoms in total. The second-order valence-corrected chi connectivity index (χ2v) is 6.67. The van der Waals surface area contributed by atoms with Crippen molar-refractivity contribution in [2.75, 3.05) is 26.2 Å². The molecule has 110 valence electrons. The van der Waals surface area contributed by atoms with Crippen LogP contribution in [0.2, 0.25) is 5.02 Å². The Balaban J connectivity index is 1.48. The molecule has 0 atom stereocenters. The van der Waals surface area contributed by atoms with E-state index in [9.17, 15) is 0 Å². The van der Waals surface area contributed by atoms with Crippen LogP contribution in [0, 0.1) is 0 Å². The van der Waals surface area contributed by atoms with E-state index < -0.39 is 0 Å². The maximum absolute atomic E-state index is 6.06. The van der Waals surface area contributed by atoms with Gasteiger partial charge in [0.2, 0.25) is 0 Å². The second-order valence-electron chi connectivity index (χ2n) is 6.23. The molecular formula is C17H25ClN2. The van der Waals surface area contributed by atoms with Gasteiger partial charge in [0.25, 0.3) is 0 Å². The standard InChI is InChI=1S/C17H25ClN2/c18-16-6-4-5-15(13-16)14-19-11-7-17(8-12-19)20-9-2-1-3-10-20/h4-6,13,17H,1-3,7-12,14H2. The van der Waals surface area contributed by atoms with Crippen LogP contribution in [0.15, 0.2) is 24.3 Å². The van der Waals surface area contributed by atoms with Gasteiger partial charge >= 0.3 is 0 Å². The molecule has 0 unspecified atom stereocenters. The summed E-state index contributed by atoms with van der Waals surface area (Å²) >= 11 is 6.06. The van der Waals surface area contributed by atoms with Crippen molar-refractivity contribution in [1.29, 1.82) is 0 Å². The van der Waals surface area contributed by atoms with Crippen LogP contribution in [0.25, 0.3) is 0 Å². The second kappa shape index (κ2) is 6.93.